The lowest BCUT2D eigenvalue weighted by Crippen LogP contribution is -2.25. The Labute approximate surface area is 101 Å². The second-order valence-corrected chi connectivity index (χ2v) is 3.86. The third kappa shape index (κ3) is 4.54. The maximum atomic E-state index is 11.2. The number of hydrogen-bond acceptors (Lipinski definition) is 3. The summed E-state index contributed by atoms with van der Waals surface area (Å²) < 4.78 is 10.1. The zero-order valence-corrected chi connectivity index (χ0v) is 10.1. The first kappa shape index (κ1) is 13.7. The van der Waals surface area contributed by atoms with E-state index in [1.165, 1.54) is 14.2 Å². The SMILES string of the molecule is COC(CC(Cc1ccccc1)C(=O)O)OC. The smallest absolute Gasteiger partial charge is 0.307 e. The van der Waals surface area contributed by atoms with Gasteiger partial charge in [0.15, 0.2) is 6.29 Å². The minimum absolute atomic E-state index is 0.344. The van der Waals surface area contributed by atoms with E-state index >= 15 is 0 Å². The first-order valence-electron chi connectivity index (χ1n) is 5.49. The summed E-state index contributed by atoms with van der Waals surface area (Å²) in [4.78, 5) is 11.2. The van der Waals surface area contributed by atoms with Crippen LogP contribution in [0.3, 0.4) is 0 Å². The summed E-state index contributed by atoms with van der Waals surface area (Å²) in [7, 11) is 3.02. The third-order valence-electron chi connectivity index (χ3n) is 2.68. The molecule has 1 unspecified atom stereocenters. The highest BCUT2D eigenvalue weighted by molar-refractivity contribution is 5.70. The average Bonchev–Trinajstić information content (AvgIpc) is 2.35. The van der Waals surface area contributed by atoms with Gasteiger partial charge in [-0.3, -0.25) is 4.79 Å². The molecule has 4 heteroatoms. The molecular weight excluding hydrogens is 220 g/mol. The van der Waals surface area contributed by atoms with E-state index in [4.69, 9.17) is 14.6 Å². The lowest BCUT2D eigenvalue weighted by molar-refractivity contribution is -0.150. The minimum atomic E-state index is -0.826. The maximum Gasteiger partial charge on any atom is 0.307 e. The van der Waals surface area contributed by atoms with Crippen molar-refractivity contribution in [1.82, 2.24) is 0 Å². The molecule has 0 aromatic heterocycles. The molecule has 17 heavy (non-hydrogen) atoms. The lowest BCUT2D eigenvalue weighted by Gasteiger charge is -2.18. The number of hydrogen-bond donors (Lipinski definition) is 1. The molecule has 0 aliphatic carbocycles. The Bertz CT molecular complexity index is 333. The molecule has 0 amide bonds. The second kappa shape index (κ2) is 7.04. The third-order valence-corrected chi connectivity index (χ3v) is 2.68. The first-order valence-corrected chi connectivity index (χ1v) is 5.49. The molecule has 1 aromatic rings. The van der Waals surface area contributed by atoms with Crippen LogP contribution in [0.25, 0.3) is 0 Å². The zero-order chi connectivity index (χ0) is 12.7. The van der Waals surface area contributed by atoms with Gasteiger partial charge in [0.25, 0.3) is 0 Å². The van der Waals surface area contributed by atoms with Crippen LogP contribution in [0.4, 0.5) is 0 Å². The standard InChI is InChI=1S/C13H18O4/c1-16-12(17-2)9-11(13(14)15)8-10-6-4-3-5-7-10/h3-7,11-12H,8-9H2,1-2H3,(H,14,15). The fourth-order valence-corrected chi connectivity index (χ4v) is 1.69. The van der Waals surface area contributed by atoms with Crippen molar-refractivity contribution >= 4 is 5.97 Å². The topological polar surface area (TPSA) is 55.8 Å². The monoisotopic (exact) mass is 238 g/mol. The van der Waals surface area contributed by atoms with Crippen LogP contribution < -0.4 is 0 Å². The number of methoxy groups -OCH3 is 2. The van der Waals surface area contributed by atoms with Gasteiger partial charge in [0.2, 0.25) is 0 Å². The number of aliphatic carboxylic acids is 1. The Kier molecular flexibility index (Phi) is 5.66. The van der Waals surface area contributed by atoms with Crippen molar-refractivity contribution in [2.75, 3.05) is 14.2 Å². The Morgan fingerprint density at radius 3 is 2.29 bits per heavy atom. The quantitative estimate of drug-likeness (QED) is 0.737. The number of rotatable bonds is 7. The van der Waals surface area contributed by atoms with Gasteiger partial charge in [-0.1, -0.05) is 30.3 Å². The predicted octanol–water partition coefficient (Wildman–Crippen LogP) is 1.94. The molecule has 0 fully saturated rings. The van der Waals surface area contributed by atoms with Crippen LogP contribution in [0, 0.1) is 5.92 Å². The van der Waals surface area contributed by atoms with Gasteiger partial charge in [-0.05, 0) is 12.0 Å². The van der Waals surface area contributed by atoms with Crippen LogP contribution in [0.5, 0.6) is 0 Å². The first-order chi connectivity index (χ1) is 8.17. The van der Waals surface area contributed by atoms with Crippen LogP contribution in [0.2, 0.25) is 0 Å². The molecule has 0 aliphatic heterocycles. The molecule has 0 heterocycles. The summed E-state index contributed by atoms with van der Waals surface area (Å²) in [5, 5.41) is 9.16. The largest absolute Gasteiger partial charge is 0.481 e. The lowest BCUT2D eigenvalue weighted by atomic mass is 9.96. The van der Waals surface area contributed by atoms with E-state index in [9.17, 15) is 4.79 Å². The van der Waals surface area contributed by atoms with Gasteiger partial charge in [-0.25, -0.2) is 0 Å². The van der Waals surface area contributed by atoms with Crippen LogP contribution in [0.1, 0.15) is 12.0 Å². The number of carboxylic acids is 1. The van der Waals surface area contributed by atoms with Gasteiger partial charge in [0.1, 0.15) is 0 Å². The van der Waals surface area contributed by atoms with Crippen molar-refractivity contribution in [2.24, 2.45) is 5.92 Å². The number of carbonyl (C=O) groups is 1. The molecule has 94 valence electrons. The van der Waals surface area contributed by atoms with E-state index < -0.39 is 18.2 Å². The molecule has 1 aromatic carbocycles. The molecule has 0 aliphatic rings. The summed E-state index contributed by atoms with van der Waals surface area (Å²) in [6.07, 6.45) is 0.358. The fraction of sp³-hybridized carbons (Fsp3) is 0.462. The zero-order valence-electron chi connectivity index (χ0n) is 10.1. The van der Waals surface area contributed by atoms with E-state index in [1.54, 1.807) is 0 Å². The molecule has 0 bridgehead atoms. The van der Waals surface area contributed by atoms with Gasteiger partial charge in [-0.15, -0.1) is 0 Å². The number of ether oxygens (including phenoxy) is 2. The van der Waals surface area contributed by atoms with Gasteiger partial charge in [0, 0.05) is 20.6 Å². The van der Waals surface area contributed by atoms with E-state index in [0.29, 0.717) is 12.8 Å². The molecule has 0 saturated carbocycles. The Balaban J connectivity index is 2.64. The summed E-state index contributed by atoms with van der Waals surface area (Å²) in [5.41, 5.74) is 1.01. The van der Waals surface area contributed by atoms with Gasteiger partial charge >= 0.3 is 5.97 Å². The molecule has 1 atom stereocenters. The number of benzene rings is 1. The maximum absolute atomic E-state index is 11.2. The summed E-state index contributed by atoms with van der Waals surface area (Å²) in [5.74, 6) is -1.32. The molecule has 0 spiro atoms. The Morgan fingerprint density at radius 1 is 1.24 bits per heavy atom. The van der Waals surface area contributed by atoms with Crippen LogP contribution in [0.15, 0.2) is 30.3 Å². The molecule has 1 N–H and O–H groups in total. The van der Waals surface area contributed by atoms with Crippen molar-refractivity contribution in [3.63, 3.8) is 0 Å². The van der Waals surface area contributed by atoms with E-state index in [-0.39, 0.29) is 0 Å². The van der Waals surface area contributed by atoms with Crippen molar-refractivity contribution in [1.29, 1.82) is 0 Å². The highest BCUT2D eigenvalue weighted by Gasteiger charge is 2.22. The minimum Gasteiger partial charge on any atom is -0.481 e. The molecule has 1 rings (SSSR count). The fourth-order valence-electron chi connectivity index (χ4n) is 1.69. The molecular formula is C13H18O4. The Hall–Kier alpha value is -1.39. The van der Waals surface area contributed by atoms with Crippen LogP contribution in [-0.4, -0.2) is 31.6 Å². The average molecular weight is 238 g/mol. The van der Waals surface area contributed by atoms with Gasteiger partial charge in [-0.2, -0.15) is 0 Å². The van der Waals surface area contributed by atoms with Crippen LogP contribution in [-0.2, 0) is 20.7 Å². The van der Waals surface area contributed by atoms with Crippen molar-refractivity contribution < 1.29 is 19.4 Å². The predicted molar refractivity (Wildman–Crippen MR) is 63.7 cm³/mol. The van der Waals surface area contributed by atoms with E-state index in [0.717, 1.165) is 5.56 Å². The van der Waals surface area contributed by atoms with E-state index in [1.807, 2.05) is 30.3 Å². The van der Waals surface area contributed by atoms with Crippen LogP contribution >= 0.6 is 0 Å². The second-order valence-electron chi connectivity index (χ2n) is 3.86. The summed E-state index contributed by atoms with van der Waals surface area (Å²) in [6, 6.07) is 9.55. The van der Waals surface area contributed by atoms with Crippen molar-refractivity contribution in [2.45, 2.75) is 19.1 Å². The molecule has 0 radical (unpaired) electrons. The van der Waals surface area contributed by atoms with E-state index in [2.05, 4.69) is 0 Å². The molecule has 4 nitrogen and oxygen atoms in total. The Morgan fingerprint density at radius 2 is 1.82 bits per heavy atom. The highest BCUT2D eigenvalue weighted by atomic mass is 16.7. The van der Waals surface area contributed by atoms with Crippen molar-refractivity contribution in [3.05, 3.63) is 35.9 Å². The highest BCUT2D eigenvalue weighted by Crippen LogP contribution is 2.16. The number of carboxylic acid groups (broad SMARTS) is 1. The van der Waals surface area contributed by atoms with Gasteiger partial charge in [0.05, 0.1) is 5.92 Å². The molecule has 0 saturated heterocycles. The summed E-state index contributed by atoms with van der Waals surface area (Å²) in [6.45, 7) is 0. The van der Waals surface area contributed by atoms with Crippen molar-refractivity contribution in [3.8, 4) is 0 Å². The normalized spacial score (nSPS) is 12.6. The summed E-state index contributed by atoms with van der Waals surface area (Å²) >= 11 is 0. The van der Waals surface area contributed by atoms with Gasteiger partial charge < -0.3 is 14.6 Å².